The van der Waals surface area contributed by atoms with Gasteiger partial charge in [0.05, 0.1) is 16.1 Å². The van der Waals surface area contributed by atoms with E-state index in [2.05, 4.69) is 10.6 Å². The van der Waals surface area contributed by atoms with Crippen LogP contribution in [0.2, 0.25) is 10.0 Å². The molecule has 1 unspecified atom stereocenters. The largest absolute Gasteiger partial charge is 0.346 e. The van der Waals surface area contributed by atoms with Crippen molar-refractivity contribution in [3.8, 4) is 0 Å². The van der Waals surface area contributed by atoms with E-state index in [0.717, 1.165) is 12.0 Å². The van der Waals surface area contributed by atoms with Crippen LogP contribution in [0.3, 0.4) is 0 Å². The Morgan fingerprint density at radius 1 is 1.00 bits per heavy atom. The molecule has 1 atom stereocenters. The lowest BCUT2D eigenvalue weighted by Crippen LogP contribution is -2.26. The van der Waals surface area contributed by atoms with Gasteiger partial charge in [0.1, 0.15) is 0 Å². The molecule has 0 bridgehead atoms. The Balaban J connectivity index is 1.92. The second-order valence-corrected chi connectivity index (χ2v) is 6.15. The van der Waals surface area contributed by atoms with Crippen molar-refractivity contribution in [1.82, 2.24) is 5.32 Å². The van der Waals surface area contributed by atoms with Crippen molar-refractivity contribution in [3.63, 3.8) is 0 Å². The van der Waals surface area contributed by atoms with Gasteiger partial charge in [-0.15, -0.1) is 0 Å². The summed E-state index contributed by atoms with van der Waals surface area (Å²) in [6, 6.07) is 14.3. The van der Waals surface area contributed by atoms with E-state index in [1.807, 2.05) is 37.3 Å². The molecule has 2 aromatic rings. The molecule has 0 aliphatic carbocycles. The summed E-state index contributed by atoms with van der Waals surface area (Å²) in [6.45, 7) is 1.98. The van der Waals surface area contributed by atoms with Gasteiger partial charge in [-0.25, -0.2) is 0 Å². The van der Waals surface area contributed by atoms with Gasteiger partial charge in [-0.3, -0.25) is 9.59 Å². The molecule has 2 rings (SSSR count). The van der Waals surface area contributed by atoms with E-state index >= 15 is 0 Å². The lowest BCUT2D eigenvalue weighted by molar-refractivity contribution is -0.118. The molecule has 2 amide bonds. The van der Waals surface area contributed by atoms with Crippen molar-refractivity contribution in [2.75, 3.05) is 5.32 Å². The first kappa shape index (κ1) is 19.0. The first-order valence-corrected chi connectivity index (χ1v) is 8.54. The van der Waals surface area contributed by atoms with Crippen LogP contribution in [0.15, 0.2) is 60.7 Å². The number of amides is 2. The number of nitrogens with one attached hydrogen (secondary N) is 2. The van der Waals surface area contributed by atoms with Gasteiger partial charge in [-0.05, 0) is 30.2 Å². The highest BCUT2D eigenvalue weighted by atomic mass is 35.5. The maximum absolute atomic E-state index is 12.0. The van der Waals surface area contributed by atoms with Crippen LogP contribution in [0.1, 0.15) is 24.9 Å². The van der Waals surface area contributed by atoms with Crippen molar-refractivity contribution >= 4 is 40.7 Å². The molecule has 0 saturated carbocycles. The Morgan fingerprint density at radius 2 is 1.68 bits per heavy atom. The van der Waals surface area contributed by atoms with Crippen LogP contribution in [0.25, 0.3) is 0 Å². The Labute approximate surface area is 156 Å². The Morgan fingerprint density at radius 3 is 2.32 bits per heavy atom. The molecular formula is C19H18Cl2N2O2. The number of carbonyl (C=O) groups is 2. The summed E-state index contributed by atoms with van der Waals surface area (Å²) in [5, 5.41) is 6.24. The van der Waals surface area contributed by atoms with Crippen molar-refractivity contribution in [2.45, 2.75) is 19.4 Å². The second kappa shape index (κ2) is 9.25. The molecular weight excluding hydrogens is 359 g/mol. The molecule has 0 aromatic heterocycles. The maximum Gasteiger partial charge on any atom is 0.248 e. The summed E-state index contributed by atoms with van der Waals surface area (Å²) >= 11 is 11.7. The van der Waals surface area contributed by atoms with Gasteiger partial charge >= 0.3 is 0 Å². The number of hydrogen-bond donors (Lipinski definition) is 2. The molecule has 25 heavy (non-hydrogen) atoms. The molecule has 0 saturated heterocycles. The number of halogens is 2. The third-order valence-corrected chi connectivity index (χ3v) is 4.24. The molecule has 2 aromatic carbocycles. The molecule has 0 aliphatic heterocycles. The third-order valence-electron chi connectivity index (χ3n) is 3.50. The molecule has 2 N–H and O–H groups in total. The number of anilines is 1. The molecule has 0 fully saturated rings. The average molecular weight is 377 g/mol. The Kier molecular flexibility index (Phi) is 7.04. The first-order valence-electron chi connectivity index (χ1n) is 7.79. The zero-order chi connectivity index (χ0) is 18.2. The zero-order valence-corrected chi connectivity index (χ0v) is 15.1. The predicted molar refractivity (Wildman–Crippen MR) is 102 cm³/mol. The van der Waals surface area contributed by atoms with Gasteiger partial charge in [-0.2, -0.15) is 0 Å². The van der Waals surface area contributed by atoms with Crippen LogP contribution in [0, 0.1) is 0 Å². The summed E-state index contributed by atoms with van der Waals surface area (Å²) in [6.07, 6.45) is 3.13. The Bertz CT molecular complexity index is 776. The fourth-order valence-electron chi connectivity index (χ4n) is 2.24. The van der Waals surface area contributed by atoms with E-state index < -0.39 is 5.91 Å². The van der Waals surface area contributed by atoms with Crippen molar-refractivity contribution in [3.05, 3.63) is 76.3 Å². The SMILES string of the molecule is CCC(NC(=O)/C=C\C(=O)Nc1ccc(Cl)c(Cl)c1)c1ccccc1. The summed E-state index contributed by atoms with van der Waals surface area (Å²) < 4.78 is 0. The smallest absolute Gasteiger partial charge is 0.248 e. The summed E-state index contributed by atoms with van der Waals surface area (Å²) in [5.74, 6) is -0.763. The molecule has 4 nitrogen and oxygen atoms in total. The van der Waals surface area contributed by atoms with Gasteiger partial charge in [0.15, 0.2) is 0 Å². The van der Waals surface area contributed by atoms with Crippen LogP contribution in [0.4, 0.5) is 5.69 Å². The Hall–Kier alpha value is -2.30. The fraction of sp³-hybridized carbons (Fsp3) is 0.158. The molecule has 0 aliphatic rings. The molecule has 6 heteroatoms. The normalized spacial score (nSPS) is 12.0. The van der Waals surface area contributed by atoms with Gasteiger partial charge in [0, 0.05) is 17.8 Å². The van der Waals surface area contributed by atoms with E-state index in [4.69, 9.17) is 23.2 Å². The molecule has 0 radical (unpaired) electrons. The van der Waals surface area contributed by atoms with Crippen molar-refractivity contribution in [1.29, 1.82) is 0 Å². The third kappa shape index (κ3) is 5.93. The summed E-state index contributed by atoms with van der Waals surface area (Å²) in [4.78, 5) is 23.9. The highest BCUT2D eigenvalue weighted by Crippen LogP contribution is 2.24. The van der Waals surface area contributed by atoms with Crippen LogP contribution in [0.5, 0.6) is 0 Å². The lowest BCUT2D eigenvalue weighted by atomic mass is 10.0. The van der Waals surface area contributed by atoms with Crippen molar-refractivity contribution in [2.24, 2.45) is 0 Å². The highest BCUT2D eigenvalue weighted by molar-refractivity contribution is 6.42. The summed E-state index contributed by atoms with van der Waals surface area (Å²) in [7, 11) is 0. The minimum absolute atomic E-state index is 0.100. The van der Waals surface area contributed by atoms with Crippen molar-refractivity contribution < 1.29 is 9.59 Å². The van der Waals surface area contributed by atoms with E-state index in [0.29, 0.717) is 15.7 Å². The molecule has 0 spiro atoms. The van der Waals surface area contributed by atoms with E-state index in [1.54, 1.807) is 12.1 Å². The first-order chi connectivity index (χ1) is 12.0. The highest BCUT2D eigenvalue weighted by Gasteiger charge is 2.10. The second-order valence-electron chi connectivity index (χ2n) is 5.33. The zero-order valence-electron chi connectivity index (χ0n) is 13.6. The van der Waals surface area contributed by atoms with Gasteiger partial charge in [0.2, 0.25) is 11.8 Å². The standard InChI is InChI=1S/C19H18Cl2N2O2/c1-2-17(13-6-4-3-5-7-13)23-19(25)11-10-18(24)22-14-8-9-15(20)16(21)12-14/h3-12,17H,2H2,1H3,(H,22,24)(H,23,25)/b11-10-. The van der Waals surface area contributed by atoms with Crippen LogP contribution >= 0.6 is 23.2 Å². The minimum Gasteiger partial charge on any atom is -0.346 e. The van der Waals surface area contributed by atoms with E-state index in [-0.39, 0.29) is 11.9 Å². The molecule has 0 heterocycles. The van der Waals surface area contributed by atoms with Gasteiger partial charge < -0.3 is 10.6 Å². The molecule has 130 valence electrons. The van der Waals surface area contributed by atoms with E-state index in [9.17, 15) is 9.59 Å². The number of hydrogen-bond acceptors (Lipinski definition) is 2. The van der Waals surface area contributed by atoms with Gasteiger partial charge in [0.25, 0.3) is 0 Å². The lowest BCUT2D eigenvalue weighted by Gasteiger charge is -2.16. The average Bonchev–Trinajstić information content (AvgIpc) is 2.62. The number of carbonyl (C=O) groups excluding carboxylic acids is 2. The van der Waals surface area contributed by atoms with Gasteiger partial charge in [-0.1, -0.05) is 60.5 Å². The monoisotopic (exact) mass is 376 g/mol. The number of rotatable bonds is 6. The topological polar surface area (TPSA) is 58.2 Å². The maximum atomic E-state index is 12.0. The quantitative estimate of drug-likeness (QED) is 0.714. The van der Waals surface area contributed by atoms with E-state index in [1.165, 1.54) is 18.2 Å². The van der Waals surface area contributed by atoms with Crippen LogP contribution in [-0.2, 0) is 9.59 Å². The van der Waals surface area contributed by atoms with Crippen LogP contribution < -0.4 is 10.6 Å². The van der Waals surface area contributed by atoms with Crippen LogP contribution in [-0.4, -0.2) is 11.8 Å². The number of benzene rings is 2. The predicted octanol–water partition coefficient (Wildman–Crippen LogP) is 4.76. The summed E-state index contributed by atoms with van der Waals surface area (Å²) in [5.41, 5.74) is 1.52. The minimum atomic E-state index is -0.429. The fourth-order valence-corrected chi connectivity index (χ4v) is 2.53.